The van der Waals surface area contributed by atoms with Crippen LogP contribution >= 0.6 is 11.6 Å². The zero-order valence-corrected chi connectivity index (χ0v) is 13.3. The van der Waals surface area contributed by atoms with Gasteiger partial charge < -0.3 is 14.6 Å². The Labute approximate surface area is 133 Å². The molecule has 6 heteroatoms. The number of halogens is 1. The van der Waals surface area contributed by atoms with Crippen LogP contribution < -0.4 is 15.6 Å². The van der Waals surface area contributed by atoms with Crippen molar-refractivity contribution in [2.45, 2.75) is 19.9 Å². The molecule has 0 saturated carbocycles. The largest absolute Gasteiger partial charge is 0.495 e. The molecule has 0 saturated heterocycles. The van der Waals surface area contributed by atoms with E-state index in [4.69, 9.17) is 16.3 Å². The maximum atomic E-state index is 12.3. The Kier molecular flexibility index (Phi) is 4.88. The third kappa shape index (κ3) is 3.49. The van der Waals surface area contributed by atoms with Gasteiger partial charge in [-0.1, -0.05) is 17.7 Å². The fourth-order valence-corrected chi connectivity index (χ4v) is 2.29. The fourth-order valence-electron chi connectivity index (χ4n) is 2.03. The topological polar surface area (TPSA) is 60.3 Å². The van der Waals surface area contributed by atoms with Crippen LogP contribution in [0.2, 0.25) is 5.02 Å². The Morgan fingerprint density at radius 1 is 1.32 bits per heavy atom. The van der Waals surface area contributed by atoms with E-state index in [9.17, 15) is 9.59 Å². The normalized spacial score (nSPS) is 11.8. The Bertz CT molecular complexity index is 755. The first-order valence-electron chi connectivity index (χ1n) is 6.75. The Morgan fingerprint density at radius 3 is 2.68 bits per heavy atom. The van der Waals surface area contributed by atoms with E-state index in [1.54, 1.807) is 37.4 Å². The number of rotatable bonds is 4. The van der Waals surface area contributed by atoms with Crippen molar-refractivity contribution in [1.29, 1.82) is 0 Å². The molecule has 0 aliphatic heterocycles. The summed E-state index contributed by atoms with van der Waals surface area (Å²) in [6.07, 6.45) is 1.66. The van der Waals surface area contributed by atoms with Crippen molar-refractivity contribution >= 4 is 23.2 Å². The van der Waals surface area contributed by atoms with Crippen LogP contribution in [0.1, 0.15) is 18.5 Å². The van der Waals surface area contributed by atoms with E-state index in [0.29, 0.717) is 16.5 Å². The average molecular weight is 321 g/mol. The van der Waals surface area contributed by atoms with E-state index in [2.05, 4.69) is 5.32 Å². The van der Waals surface area contributed by atoms with E-state index in [1.165, 1.54) is 17.7 Å². The molecule has 5 nitrogen and oxygen atoms in total. The highest BCUT2D eigenvalue weighted by Gasteiger charge is 2.16. The average Bonchev–Trinajstić information content (AvgIpc) is 2.49. The molecule has 1 atom stereocenters. The number of nitrogens with one attached hydrogen (secondary N) is 1. The van der Waals surface area contributed by atoms with Gasteiger partial charge >= 0.3 is 0 Å². The SMILES string of the molecule is COc1ccc(NC(=O)C(C)n2cc(C)ccc2=O)cc1Cl. The molecule has 1 aromatic heterocycles. The summed E-state index contributed by atoms with van der Waals surface area (Å²) in [5.41, 5.74) is 1.23. The zero-order chi connectivity index (χ0) is 16.3. The molecule has 22 heavy (non-hydrogen) atoms. The standard InChI is InChI=1S/C16H17ClN2O3/c1-10-4-7-15(20)19(9-10)11(2)16(21)18-12-5-6-14(22-3)13(17)8-12/h4-9,11H,1-3H3,(H,18,21). The second-order valence-electron chi connectivity index (χ2n) is 4.97. The summed E-state index contributed by atoms with van der Waals surface area (Å²) in [7, 11) is 1.52. The first-order chi connectivity index (χ1) is 10.4. The monoisotopic (exact) mass is 320 g/mol. The molecule has 1 unspecified atom stereocenters. The summed E-state index contributed by atoms with van der Waals surface area (Å²) in [5, 5.41) is 3.14. The Hall–Kier alpha value is -2.27. The number of methoxy groups -OCH3 is 1. The number of carbonyl (C=O) groups is 1. The van der Waals surface area contributed by atoms with Gasteiger partial charge in [-0.15, -0.1) is 0 Å². The number of anilines is 1. The molecule has 2 rings (SSSR count). The highest BCUT2D eigenvalue weighted by molar-refractivity contribution is 6.32. The predicted octanol–water partition coefficient (Wildman–Crippen LogP) is 3.02. The lowest BCUT2D eigenvalue weighted by atomic mass is 10.2. The third-order valence-corrected chi connectivity index (χ3v) is 3.60. The van der Waals surface area contributed by atoms with E-state index in [-0.39, 0.29) is 11.5 Å². The molecule has 0 radical (unpaired) electrons. The molecule has 0 fully saturated rings. The number of pyridine rings is 1. The summed E-state index contributed by atoms with van der Waals surface area (Å²) in [5.74, 6) is 0.233. The minimum Gasteiger partial charge on any atom is -0.495 e. The molecule has 2 aromatic rings. The summed E-state index contributed by atoms with van der Waals surface area (Å²) in [6.45, 7) is 3.53. The highest BCUT2D eigenvalue weighted by atomic mass is 35.5. The second kappa shape index (κ2) is 6.66. The molecule has 0 aliphatic carbocycles. The Balaban J connectivity index is 2.19. The van der Waals surface area contributed by atoms with Crippen LogP contribution in [0.3, 0.4) is 0 Å². The predicted molar refractivity (Wildman–Crippen MR) is 86.8 cm³/mol. The van der Waals surface area contributed by atoms with E-state index in [1.807, 2.05) is 6.92 Å². The van der Waals surface area contributed by atoms with E-state index in [0.717, 1.165) is 5.56 Å². The van der Waals surface area contributed by atoms with E-state index < -0.39 is 6.04 Å². The molecule has 116 valence electrons. The Morgan fingerprint density at radius 2 is 2.05 bits per heavy atom. The third-order valence-electron chi connectivity index (χ3n) is 3.30. The number of aromatic nitrogens is 1. The number of benzene rings is 1. The summed E-state index contributed by atoms with van der Waals surface area (Å²) < 4.78 is 6.46. The van der Waals surface area contributed by atoms with Crippen molar-refractivity contribution in [3.63, 3.8) is 0 Å². The van der Waals surface area contributed by atoms with Gasteiger partial charge in [0.05, 0.1) is 12.1 Å². The number of amides is 1. The van der Waals surface area contributed by atoms with E-state index >= 15 is 0 Å². The van der Waals surface area contributed by atoms with Gasteiger partial charge in [0.2, 0.25) is 5.91 Å². The molecular formula is C16H17ClN2O3. The molecular weight excluding hydrogens is 304 g/mol. The lowest BCUT2D eigenvalue weighted by Gasteiger charge is -2.16. The van der Waals surface area contributed by atoms with Gasteiger partial charge in [-0.2, -0.15) is 0 Å². The van der Waals surface area contributed by atoms with Gasteiger partial charge in [0.1, 0.15) is 11.8 Å². The van der Waals surface area contributed by atoms with Crippen molar-refractivity contribution in [3.8, 4) is 5.75 Å². The highest BCUT2D eigenvalue weighted by Crippen LogP contribution is 2.27. The number of aryl methyl sites for hydroxylation is 1. The minimum absolute atomic E-state index is 0.221. The number of carbonyl (C=O) groups excluding carboxylic acids is 1. The minimum atomic E-state index is -0.631. The first-order valence-corrected chi connectivity index (χ1v) is 7.13. The van der Waals surface area contributed by atoms with Crippen LogP contribution in [-0.4, -0.2) is 17.6 Å². The molecule has 1 heterocycles. The van der Waals surface area contributed by atoms with Crippen molar-refractivity contribution in [2.75, 3.05) is 12.4 Å². The number of nitrogens with zero attached hydrogens (tertiary/aromatic N) is 1. The molecule has 1 amide bonds. The van der Waals surface area contributed by atoms with Crippen LogP contribution in [0, 0.1) is 6.92 Å². The van der Waals surface area contributed by atoms with Crippen LogP contribution in [0.25, 0.3) is 0 Å². The second-order valence-corrected chi connectivity index (χ2v) is 5.37. The molecule has 0 spiro atoms. The fraction of sp³-hybridized carbons (Fsp3) is 0.250. The van der Waals surface area contributed by atoms with Gasteiger partial charge in [0.15, 0.2) is 0 Å². The number of ether oxygens (including phenoxy) is 1. The summed E-state index contributed by atoms with van der Waals surface area (Å²) in [4.78, 5) is 24.1. The van der Waals surface area contributed by atoms with Crippen molar-refractivity contribution in [3.05, 3.63) is 57.5 Å². The van der Waals surface area contributed by atoms with Gasteiger partial charge in [0.25, 0.3) is 5.56 Å². The quantitative estimate of drug-likeness (QED) is 0.942. The smallest absolute Gasteiger partial charge is 0.251 e. The van der Waals surface area contributed by atoms with Crippen LogP contribution in [-0.2, 0) is 4.79 Å². The number of hydrogen-bond donors (Lipinski definition) is 1. The van der Waals surface area contributed by atoms with Crippen LogP contribution in [0.4, 0.5) is 5.69 Å². The lowest BCUT2D eigenvalue weighted by Crippen LogP contribution is -2.31. The van der Waals surface area contributed by atoms with Crippen molar-refractivity contribution in [2.24, 2.45) is 0 Å². The number of hydrogen-bond acceptors (Lipinski definition) is 3. The lowest BCUT2D eigenvalue weighted by molar-refractivity contribution is -0.118. The maximum absolute atomic E-state index is 12.3. The first kappa shape index (κ1) is 16.1. The van der Waals surface area contributed by atoms with Gasteiger partial charge in [-0.3, -0.25) is 9.59 Å². The summed E-state index contributed by atoms with van der Waals surface area (Å²) in [6, 6.07) is 7.49. The maximum Gasteiger partial charge on any atom is 0.251 e. The van der Waals surface area contributed by atoms with Gasteiger partial charge in [-0.05, 0) is 37.6 Å². The zero-order valence-electron chi connectivity index (χ0n) is 12.6. The summed E-state index contributed by atoms with van der Waals surface area (Å²) >= 11 is 6.02. The van der Waals surface area contributed by atoms with Gasteiger partial charge in [0, 0.05) is 18.0 Å². The molecule has 1 N–H and O–H groups in total. The van der Waals surface area contributed by atoms with Crippen molar-refractivity contribution < 1.29 is 9.53 Å². The van der Waals surface area contributed by atoms with Gasteiger partial charge in [-0.25, -0.2) is 0 Å². The molecule has 0 aliphatic rings. The van der Waals surface area contributed by atoms with Crippen LogP contribution in [0.15, 0.2) is 41.3 Å². The van der Waals surface area contributed by atoms with Crippen molar-refractivity contribution in [1.82, 2.24) is 4.57 Å². The molecule has 1 aromatic carbocycles. The molecule has 0 bridgehead atoms. The van der Waals surface area contributed by atoms with Crippen LogP contribution in [0.5, 0.6) is 5.75 Å².